The molecule has 0 aliphatic carbocycles. The molecule has 2 atom stereocenters. The number of carboxylic acids is 1. The van der Waals surface area contributed by atoms with Gasteiger partial charge in [-0.25, -0.2) is 0 Å². The highest BCUT2D eigenvalue weighted by Gasteiger charge is 1.97. The Morgan fingerprint density at radius 3 is 2.32 bits per heavy atom. The van der Waals surface area contributed by atoms with Crippen LogP contribution in [-0.4, -0.2) is 17.2 Å². The third-order valence-corrected chi connectivity index (χ3v) is 3.31. The molecule has 3 nitrogen and oxygen atoms in total. The molecule has 0 heterocycles. The summed E-state index contributed by atoms with van der Waals surface area (Å²) in [6.45, 7) is 4.37. The summed E-state index contributed by atoms with van der Waals surface area (Å²) in [4.78, 5) is 10.2. The van der Waals surface area contributed by atoms with Gasteiger partial charge < -0.3 is 15.0 Å². The van der Waals surface area contributed by atoms with E-state index >= 15 is 0 Å². The molecule has 1 N–H and O–H groups in total. The fraction of sp³-hybridized carbons (Fsp3) is 0.526. The minimum Gasteiger partial charge on any atom is -0.550 e. The molecule has 0 spiro atoms. The summed E-state index contributed by atoms with van der Waals surface area (Å²) >= 11 is 0. The van der Waals surface area contributed by atoms with Crippen LogP contribution in [0.2, 0.25) is 0 Å². The molecule has 2 unspecified atom stereocenters. The summed E-state index contributed by atoms with van der Waals surface area (Å²) in [5, 5.41) is 19.9. The third-order valence-electron chi connectivity index (χ3n) is 3.31. The maximum Gasteiger partial charge on any atom is 0.0723 e. The number of carbonyl (C=O) groups excluding carboxylic acids is 1. The number of aliphatic hydroxyl groups is 1. The van der Waals surface area contributed by atoms with E-state index < -0.39 is 12.1 Å². The molecular weight excluding hydrogens is 276 g/mol. The van der Waals surface area contributed by atoms with Crippen molar-refractivity contribution in [1.29, 1.82) is 0 Å². The number of carbonyl (C=O) groups is 1. The number of aliphatic carboxylic acids is 1. The average molecular weight is 305 g/mol. The van der Waals surface area contributed by atoms with Crippen LogP contribution < -0.4 is 5.11 Å². The Bertz CT molecular complexity index is 391. The SMILES string of the molecule is CCC(C)/C=C/C=C\C/C=C\C=C/C(O)CCCCC(=O)[O-]. The van der Waals surface area contributed by atoms with E-state index in [0.29, 0.717) is 25.2 Å². The van der Waals surface area contributed by atoms with Gasteiger partial charge in [0.05, 0.1) is 6.10 Å². The van der Waals surface area contributed by atoms with E-state index in [1.54, 1.807) is 6.08 Å². The molecule has 0 aromatic heterocycles. The number of aliphatic hydroxyl groups excluding tert-OH is 1. The number of carboxylic acid groups (broad SMARTS) is 1. The van der Waals surface area contributed by atoms with E-state index in [9.17, 15) is 15.0 Å². The molecule has 0 rings (SSSR count). The lowest BCUT2D eigenvalue weighted by Gasteiger charge is -2.05. The molecule has 0 aromatic rings. The first-order valence-corrected chi connectivity index (χ1v) is 8.10. The second-order valence-corrected chi connectivity index (χ2v) is 5.43. The zero-order valence-corrected chi connectivity index (χ0v) is 13.8. The van der Waals surface area contributed by atoms with Crippen LogP contribution in [0.3, 0.4) is 0 Å². The van der Waals surface area contributed by atoms with Gasteiger partial charge in [-0.2, -0.15) is 0 Å². The fourth-order valence-corrected chi connectivity index (χ4v) is 1.69. The van der Waals surface area contributed by atoms with E-state index in [0.717, 1.165) is 12.8 Å². The third kappa shape index (κ3) is 14.8. The Kier molecular flexibility index (Phi) is 13.3. The zero-order chi connectivity index (χ0) is 16.6. The minimum atomic E-state index is -1.03. The second kappa shape index (κ2) is 14.3. The van der Waals surface area contributed by atoms with E-state index in [4.69, 9.17) is 0 Å². The van der Waals surface area contributed by atoms with Crippen LogP contribution in [-0.2, 0) is 4.79 Å². The summed E-state index contributed by atoms with van der Waals surface area (Å²) in [6, 6.07) is 0. The first kappa shape index (κ1) is 20.4. The topological polar surface area (TPSA) is 60.4 Å². The molecule has 0 bridgehead atoms. The molecule has 0 amide bonds. The highest BCUT2D eigenvalue weighted by molar-refractivity contribution is 5.64. The van der Waals surface area contributed by atoms with E-state index in [2.05, 4.69) is 32.1 Å². The van der Waals surface area contributed by atoms with Crippen molar-refractivity contribution in [1.82, 2.24) is 0 Å². The van der Waals surface area contributed by atoms with Crippen LogP contribution in [0.25, 0.3) is 0 Å². The van der Waals surface area contributed by atoms with Gasteiger partial charge in [-0.3, -0.25) is 0 Å². The maximum atomic E-state index is 10.2. The van der Waals surface area contributed by atoms with Gasteiger partial charge in [0.15, 0.2) is 0 Å². The quantitative estimate of drug-likeness (QED) is 0.444. The van der Waals surface area contributed by atoms with Gasteiger partial charge in [0.2, 0.25) is 0 Å². The molecule has 124 valence electrons. The molecule has 0 aliphatic heterocycles. The van der Waals surface area contributed by atoms with Crippen LogP contribution in [0.5, 0.6) is 0 Å². The van der Waals surface area contributed by atoms with Gasteiger partial charge >= 0.3 is 0 Å². The number of hydrogen-bond acceptors (Lipinski definition) is 3. The molecule has 3 heteroatoms. The normalized spacial score (nSPS) is 15.4. The van der Waals surface area contributed by atoms with Crippen LogP contribution in [0, 0.1) is 5.92 Å². The highest BCUT2D eigenvalue weighted by Crippen LogP contribution is 2.04. The number of hydrogen-bond donors (Lipinski definition) is 1. The smallest absolute Gasteiger partial charge is 0.0723 e. The van der Waals surface area contributed by atoms with Crippen molar-refractivity contribution < 1.29 is 15.0 Å². The largest absolute Gasteiger partial charge is 0.550 e. The van der Waals surface area contributed by atoms with Crippen LogP contribution in [0.4, 0.5) is 0 Å². The van der Waals surface area contributed by atoms with E-state index in [1.807, 2.05) is 24.3 Å². The Morgan fingerprint density at radius 2 is 1.73 bits per heavy atom. The van der Waals surface area contributed by atoms with Crippen LogP contribution in [0.1, 0.15) is 52.4 Å². The standard InChI is InChI=1S/C19H30O3/c1-3-17(2)13-9-7-5-4-6-8-10-14-18(20)15-11-12-16-19(21)22/h5-10,13-14,17-18,20H,3-4,11-12,15-16H2,1-2H3,(H,21,22)/p-1/b7-5-,8-6-,13-9+,14-10-. The Balaban J connectivity index is 3.71. The molecule has 0 radical (unpaired) electrons. The number of rotatable bonds is 12. The lowest BCUT2D eigenvalue weighted by molar-refractivity contribution is -0.305. The molecule has 0 fully saturated rings. The van der Waals surface area contributed by atoms with Crippen molar-refractivity contribution >= 4 is 5.97 Å². The van der Waals surface area contributed by atoms with Gasteiger partial charge in [0.1, 0.15) is 0 Å². The van der Waals surface area contributed by atoms with Crippen molar-refractivity contribution in [3.05, 3.63) is 48.6 Å². The molecule has 0 aromatic carbocycles. The predicted octanol–water partition coefficient (Wildman–Crippen LogP) is 3.32. The summed E-state index contributed by atoms with van der Waals surface area (Å²) in [5.74, 6) is -0.406. The lowest BCUT2D eigenvalue weighted by Crippen LogP contribution is -2.21. The summed E-state index contributed by atoms with van der Waals surface area (Å²) in [7, 11) is 0. The number of allylic oxidation sites excluding steroid dienone is 7. The summed E-state index contributed by atoms with van der Waals surface area (Å²) in [5.41, 5.74) is 0. The first-order valence-electron chi connectivity index (χ1n) is 8.10. The van der Waals surface area contributed by atoms with Gasteiger partial charge in [-0.15, -0.1) is 0 Å². The average Bonchev–Trinajstić information content (AvgIpc) is 2.49. The second-order valence-electron chi connectivity index (χ2n) is 5.43. The van der Waals surface area contributed by atoms with Crippen molar-refractivity contribution in [3.8, 4) is 0 Å². The van der Waals surface area contributed by atoms with Crippen LogP contribution >= 0.6 is 0 Å². The summed E-state index contributed by atoms with van der Waals surface area (Å²) < 4.78 is 0. The minimum absolute atomic E-state index is 0.0636. The maximum absolute atomic E-state index is 10.2. The highest BCUT2D eigenvalue weighted by atomic mass is 16.4. The Hall–Kier alpha value is -1.61. The van der Waals surface area contributed by atoms with Crippen LogP contribution in [0.15, 0.2) is 48.6 Å². The summed E-state index contributed by atoms with van der Waals surface area (Å²) in [6.07, 6.45) is 19.3. The Labute approximate surface area is 134 Å². The Morgan fingerprint density at radius 1 is 1.09 bits per heavy atom. The van der Waals surface area contributed by atoms with Crippen molar-refractivity contribution in [2.24, 2.45) is 5.92 Å². The van der Waals surface area contributed by atoms with E-state index in [-0.39, 0.29) is 6.42 Å². The lowest BCUT2D eigenvalue weighted by atomic mass is 10.1. The van der Waals surface area contributed by atoms with Crippen molar-refractivity contribution in [2.45, 2.75) is 58.5 Å². The van der Waals surface area contributed by atoms with Gasteiger partial charge in [0.25, 0.3) is 0 Å². The van der Waals surface area contributed by atoms with Gasteiger partial charge in [-0.05, 0) is 31.6 Å². The molecule has 0 saturated carbocycles. The van der Waals surface area contributed by atoms with Gasteiger partial charge in [0, 0.05) is 5.97 Å². The zero-order valence-electron chi connectivity index (χ0n) is 13.8. The molecular formula is C19H29O3-. The van der Waals surface area contributed by atoms with Gasteiger partial charge in [-0.1, -0.05) is 75.3 Å². The predicted molar refractivity (Wildman–Crippen MR) is 90.1 cm³/mol. The molecule has 0 aliphatic rings. The number of unbranched alkanes of at least 4 members (excludes halogenated alkanes) is 1. The monoisotopic (exact) mass is 305 g/mol. The van der Waals surface area contributed by atoms with E-state index in [1.165, 1.54) is 0 Å². The molecule has 0 saturated heterocycles. The fourth-order valence-electron chi connectivity index (χ4n) is 1.69. The molecule has 22 heavy (non-hydrogen) atoms. The van der Waals surface area contributed by atoms with Crippen molar-refractivity contribution in [2.75, 3.05) is 0 Å². The van der Waals surface area contributed by atoms with Crippen molar-refractivity contribution in [3.63, 3.8) is 0 Å². The first-order chi connectivity index (χ1) is 10.6.